The van der Waals surface area contributed by atoms with Crippen LogP contribution in [-0.2, 0) is 6.54 Å². The number of fused-ring (bicyclic) bond motifs is 1. The molecule has 2 aromatic carbocycles. The Bertz CT molecular complexity index is 1270. The van der Waals surface area contributed by atoms with Gasteiger partial charge in [0.05, 0.1) is 5.56 Å². The number of nitrogens with zero attached hydrogens (tertiary/aromatic N) is 1. The number of anilines is 1. The third-order valence-electron chi connectivity index (χ3n) is 5.20. The normalized spacial score (nSPS) is 13.8. The molecule has 0 saturated carbocycles. The molecule has 0 amide bonds. The molecule has 1 aromatic heterocycles. The molecule has 0 aliphatic heterocycles. The van der Waals surface area contributed by atoms with Crippen molar-refractivity contribution in [1.82, 2.24) is 0 Å². The third kappa shape index (κ3) is 5.01. The summed E-state index contributed by atoms with van der Waals surface area (Å²) >= 11 is 0. The fourth-order valence-corrected chi connectivity index (χ4v) is 3.52. The summed E-state index contributed by atoms with van der Waals surface area (Å²) in [6, 6.07) is 12.8. The van der Waals surface area contributed by atoms with Crippen molar-refractivity contribution in [1.29, 1.82) is 0 Å². The van der Waals surface area contributed by atoms with E-state index in [0.717, 1.165) is 16.8 Å². The number of aliphatic hydroxyl groups is 2. The smallest absolute Gasteiger partial charge is 0.344 e. The largest absolute Gasteiger partial charge is 0.422 e. The van der Waals surface area contributed by atoms with Gasteiger partial charge in [-0.25, -0.2) is 13.6 Å². The minimum atomic E-state index is -1.92. The van der Waals surface area contributed by atoms with Crippen molar-refractivity contribution in [2.75, 3.05) is 11.4 Å². The standard InChI is InChI=1S/C25H21F2NO4/c26-19-3-1-2-16(4-8-19)14-28(15-17-5-9-20(27)10-6-17)21-11-7-18-12-22(24(29)30)25(31)32-23(18)13-21/h2-13,24,29-30H,1,14-15H2. The molecule has 2 N–H and O–H groups in total. The first-order chi connectivity index (χ1) is 15.4. The van der Waals surface area contributed by atoms with Crippen molar-refractivity contribution in [2.24, 2.45) is 0 Å². The number of hydrogen-bond acceptors (Lipinski definition) is 5. The van der Waals surface area contributed by atoms with Crippen LogP contribution in [0, 0.1) is 5.82 Å². The summed E-state index contributed by atoms with van der Waals surface area (Å²) in [5, 5.41) is 19.2. The molecule has 5 nitrogen and oxygen atoms in total. The zero-order valence-corrected chi connectivity index (χ0v) is 17.0. The number of aliphatic hydroxyl groups excluding tert-OH is 1. The van der Waals surface area contributed by atoms with Crippen LogP contribution in [0.5, 0.6) is 0 Å². The second-order valence-electron chi connectivity index (χ2n) is 7.50. The van der Waals surface area contributed by atoms with Crippen LogP contribution in [0.4, 0.5) is 14.5 Å². The fraction of sp³-hybridized carbons (Fsp3) is 0.160. The molecule has 1 aliphatic rings. The summed E-state index contributed by atoms with van der Waals surface area (Å²) in [7, 11) is 0. The predicted molar refractivity (Wildman–Crippen MR) is 118 cm³/mol. The van der Waals surface area contributed by atoms with E-state index >= 15 is 0 Å². The lowest BCUT2D eigenvalue weighted by atomic mass is 10.1. The summed E-state index contributed by atoms with van der Waals surface area (Å²) in [4.78, 5) is 14.1. The zero-order valence-electron chi connectivity index (χ0n) is 17.0. The number of rotatable bonds is 6. The van der Waals surface area contributed by atoms with Crippen LogP contribution in [0.25, 0.3) is 11.0 Å². The maximum Gasteiger partial charge on any atom is 0.344 e. The van der Waals surface area contributed by atoms with E-state index in [1.165, 1.54) is 30.4 Å². The van der Waals surface area contributed by atoms with Gasteiger partial charge < -0.3 is 19.5 Å². The first kappa shape index (κ1) is 21.7. The van der Waals surface area contributed by atoms with Crippen LogP contribution < -0.4 is 10.5 Å². The molecule has 0 fully saturated rings. The predicted octanol–water partition coefficient (Wildman–Crippen LogP) is 4.66. The van der Waals surface area contributed by atoms with Crippen LogP contribution in [0.1, 0.15) is 23.8 Å². The quantitative estimate of drug-likeness (QED) is 0.433. The Kier molecular flexibility index (Phi) is 6.30. The van der Waals surface area contributed by atoms with E-state index in [0.29, 0.717) is 30.5 Å². The highest BCUT2D eigenvalue weighted by Gasteiger charge is 2.15. The Morgan fingerprint density at radius 2 is 1.75 bits per heavy atom. The second kappa shape index (κ2) is 9.30. The van der Waals surface area contributed by atoms with E-state index in [-0.39, 0.29) is 17.2 Å². The molecule has 0 unspecified atom stereocenters. The highest BCUT2D eigenvalue weighted by Crippen LogP contribution is 2.26. The maximum absolute atomic E-state index is 13.6. The summed E-state index contributed by atoms with van der Waals surface area (Å²) in [5.74, 6) is -0.624. The molecule has 164 valence electrons. The summed E-state index contributed by atoms with van der Waals surface area (Å²) < 4.78 is 32.2. The molecular weight excluding hydrogens is 416 g/mol. The van der Waals surface area contributed by atoms with Crippen LogP contribution in [0.15, 0.2) is 93.4 Å². The highest BCUT2D eigenvalue weighted by atomic mass is 19.1. The molecule has 1 aliphatic carbocycles. The third-order valence-corrected chi connectivity index (χ3v) is 5.20. The van der Waals surface area contributed by atoms with Crippen molar-refractivity contribution in [3.8, 4) is 0 Å². The van der Waals surface area contributed by atoms with E-state index in [9.17, 15) is 23.8 Å². The van der Waals surface area contributed by atoms with Crippen LogP contribution >= 0.6 is 0 Å². The van der Waals surface area contributed by atoms with Gasteiger partial charge in [-0.1, -0.05) is 24.3 Å². The number of benzene rings is 2. The second-order valence-corrected chi connectivity index (χ2v) is 7.50. The first-order valence-corrected chi connectivity index (χ1v) is 10.0. The molecule has 0 radical (unpaired) electrons. The van der Waals surface area contributed by atoms with Gasteiger partial charge in [0.2, 0.25) is 0 Å². The lowest BCUT2D eigenvalue weighted by Gasteiger charge is -2.26. The molecule has 3 aromatic rings. The Morgan fingerprint density at radius 3 is 2.50 bits per heavy atom. The number of hydrogen-bond donors (Lipinski definition) is 2. The zero-order chi connectivity index (χ0) is 22.7. The monoisotopic (exact) mass is 437 g/mol. The van der Waals surface area contributed by atoms with Gasteiger partial charge >= 0.3 is 5.63 Å². The minimum Gasteiger partial charge on any atom is -0.422 e. The summed E-state index contributed by atoms with van der Waals surface area (Å²) in [5.41, 5.74) is 1.72. The Morgan fingerprint density at radius 1 is 0.969 bits per heavy atom. The van der Waals surface area contributed by atoms with Crippen LogP contribution in [-0.4, -0.2) is 16.8 Å². The van der Waals surface area contributed by atoms with E-state index in [1.807, 2.05) is 17.0 Å². The van der Waals surface area contributed by atoms with Crippen LogP contribution in [0.3, 0.4) is 0 Å². The topological polar surface area (TPSA) is 73.9 Å². The molecule has 0 bridgehead atoms. The number of halogens is 2. The SMILES string of the molecule is O=c1oc2cc(N(CC3=CCC=C(F)C=C3)Cc3ccc(F)cc3)ccc2cc1C(O)O. The lowest BCUT2D eigenvalue weighted by molar-refractivity contribution is -0.0445. The van der Waals surface area contributed by atoms with Gasteiger partial charge in [0.15, 0.2) is 6.29 Å². The van der Waals surface area contributed by atoms with Crippen molar-refractivity contribution in [2.45, 2.75) is 19.3 Å². The average molecular weight is 437 g/mol. The van der Waals surface area contributed by atoms with Gasteiger partial charge in [0.25, 0.3) is 0 Å². The summed E-state index contributed by atoms with van der Waals surface area (Å²) in [6.45, 7) is 0.878. The van der Waals surface area contributed by atoms with Crippen molar-refractivity contribution in [3.63, 3.8) is 0 Å². The Labute approximate surface area is 182 Å². The molecule has 0 spiro atoms. The van der Waals surface area contributed by atoms with E-state index in [2.05, 4.69) is 0 Å². The van der Waals surface area contributed by atoms with E-state index in [1.54, 1.807) is 30.3 Å². The van der Waals surface area contributed by atoms with Gasteiger partial charge in [-0.15, -0.1) is 0 Å². The highest BCUT2D eigenvalue weighted by molar-refractivity contribution is 5.81. The van der Waals surface area contributed by atoms with Crippen molar-refractivity contribution >= 4 is 16.7 Å². The lowest BCUT2D eigenvalue weighted by Crippen LogP contribution is -2.25. The van der Waals surface area contributed by atoms with E-state index in [4.69, 9.17) is 4.42 Å². The molecule has 32 heavy (non-hydrogen) atoms. The molecule has 1 heterocycles. The van der Waals surface area contributed by atoms with Gasteiger partial charge in [-0.05, 0) is 60.0 Å². The van der Waals surface area contributed by atoms with Gasteiger partial charge in [-0.3, -0.25) is 0 Å². The molecular formula is C25H21F2NO4. The van der Waals surface area contributed by atoms with Gasteiger partial charge in [-0.2, -0.15) is 0 Å². The molecule has 0 saturated heterocycles. The van der Waals surface area contributed by atoms with Crippen molar-refractivity contribution < 1.29 is 23.4 Å². The Hall–Kier alpha value is -3.55. The minimum absolute atomic E-state index is 0.239. The molecule has 7 heteroatoms. The number of allylic oxidation sites excluding steroid dienone is 4. The van der Waals surface area contributed by atoms with Crippen molar-refractivity contribution in [3.05, 3.63) is 112 Å². The van der Waals surface area contributed by atoms with Crippen LogP contribution in [0.2, 0.25) is 0 Å². The molecule has 4 rings (SSSR count). The Balaban J connectivity index is 1.71. The first-order valence-electron chi connectivity index (χ1n) is 10.0. The average Bonchev–Trinajstić information content (AvgIpc) is 2.97. The van der Waals surface area contributed by atoms with E-state index < -0.39 is 11.9 Å². The fourth-order valence-electron chi connectivity index (χ4n) is 3.52. The molecule has 0 atom stereocenters. The van der Waals surface area contributed by atoms with Gasteiger partial charge in [0.1, 0.15) is 17.2 Å². The maximum atomic E-state index is 13.6. The summed E-state index contributed by atoms with van der Waals surface area (Å²) in [6.07, 6.45) is 5.09. The van der Waals surface area contributed by atoms with Gasteiger partial charge in [0, 0.05) is 30.2 Å².